The molecule has 0 saturated carbocycles. The van der Waals surface area contributed by atoms with E-state index in [0.717, 1.165) is 0 Å². The molecule has 0 N–H and O–H groups in total. The zero-order chi connectivity index (χ0) is 7.82. The molecular formula is C6H5Cl2NO. The molecule has 54 valence electrons. The Morgan fingerprint density at radius 2 is 2.40 bits per heavy atom. The minimum absolute atomic E-state index is 0.293. The van der Waals surface area contributed by atoms with Gasteiger partial charge in [0.15, 0.2) is 0 Å². The summed E-state index contributed by atoms with van der Waals surface area (Å²) in [7, 11) is 0. The average molecular weight is 178 g/mol. The number of hydrogen-bond acceptors (Lipinski definition) is 2. The Morgan fingerprint density at radius 3 is 2.80 bits per heavy atom. The van der Waals surface area contributed by atoms with Gasteiger partial charge in [-0.3, -0.25) is 0 Å². The summed E-state index contributed by atoms with van der Waals surface area (Å²) in [6.45, 7) is 0. The molecule has 0 aromatic carbocycles. The van der Waals surface area contributed by atoms with Gasteiger partial charge in [-0.1, -0.05) is 11.6 Å². The van der Waals surface area contributed by atoms with Gasteiger partial charge in [0.25, 0.3) is 0 Å². The molecular weight excluding hydrogens is 173 g/mol. The fourth-order valence-electron chi connectivity index (χ4n) is 0.347. The lowest BCUT2D eigenvalue weighted by Gasteiger charge is -1.84. The summed E-state index contributed by atoms with van der Waals surface area (Å²) in [4.78, 5) is 13.0. The average Bonchev–Trinajstić information content (AvgIpc) is 1.90. The smallest absolute Gasteiger partial charge is 0.211 e. The van der Waals surface area contributed by atoms with Crippen molar-refractivity contribution < 1.29 is 4.79 Å². The van der Waals surface area contributed by atoms with Crippen LogP contribution in [0, 0.1) is 0 Å². The number of carbonyl (C=O) groups excluding carboxylic acids is 1. The third-order valence-electron chi connectivity index (χ3n) is 0.695. The Morgan fingerprint density at radius 1 is 1.70 bits per heavy atom. The highest BCUT2D eigenvalue weighted by molar-refractivity contribution is 6.25. The van der Waals surface area contributed by atoms with Crippen LogP contribution in [0.1, 0.15) is 0 Å². The summed E-state index contributed by atoms with van der Waals surface area (Å²) < 4.78 is 0. The minimum Gasteiger partial charge on any atom is -0.211 e. The standard InChI is InChI=1S/C6H5Cl2NO/c7-3-1-6(2-4-8)9-5-10/h1-3H,4H2/b3-1+,6-2+. The molecule has 0 heterocycles. The Bertz CT molecular complexity index is 192. The van der Waals surface area contributed by atoms with Crippen molar-refractivity contribution in [3.8, 4) is 0 Å². The van der Waals surface area contributed by atoms with E-state index in [9.17, 15) is 4.79 Å². The Kier molecular flexibility index (Phi) is 6.19. The molecule has 0 radical (unpaired) electrons. The zero-order valence-corrected chi connectivity index (χ0v) is 6.56. The molecule has 0 atom stereocenters. The maximum Gasteiger partial charge on any atom is 0.240 e. The molecule has 0 aromatic heterocycles. The van der Waals surface area contributed by atoms with Crippen molar-refractivity contribution in [2.24, 2.45) is 4.99 Å². The van der Waals surface area contributed by atoms with E-state index in [-0.39, 0.29) is 0 Å². The molecule has 0 rings (SSSR count). The monoisotopic (exact) mass is 177 g/mol. The van der Waals surface area contributed by atoms with Gasteiger partial charge in [-0.25, -0.2) is 4.79 Å². The first-order valence-electron chi connectivity index (χ1n) is 2.46. The summed E-state index contributed by atoms with van der Waals surface area (Å²) in [6.07, 6.45) is 4.38. The van der Waals surface area contributed by atoms with E-state index in [1.54, 1.807) is 6.08 Å². The molecule has 0 bridgehead atoms. The van der Waals surface area contributed by atoms with Crippen LogP contribution in [0.25, 0.3) is 0 Å². The van der Waals surface area contributed by atoms with Gasteiger partial charge >= 0.3 is 0 Å². The van der Waals surface area contributed by atoms with E-state index in [2.05, 4.69) is 4.99 Å². The second-order valence-corrected chi connectivity index (χ2v) is 1.84. The maximum absolute atomic E-state index is 9.71. The summed E-state index contributed by atoms with van der Waals surface area (Å²) in [5.74, 6) is 0.293. The van der Waals surface area contributed by atoms with Crippen LogP contribution >= 0.6 is 23.2 Å². The molecule has 2 nitrogen and oxygen atoms in total. The van der Waals surface area contributed by atoms with Crippen LogP contribution in [0.15, 0.2) is 28.4 Å². The number of alkyl halides is 1. The quantitative estimate of drug-likeness (QED) is 0.282. The number of allylic oxidation sites excluding steroid dienone is 2. The SMILES string of the molecule is O=C=NC(/C=C/Cl)=C/CCl. The lowest BCUT2D eigenvalue weighted by molar-refractivity contribution is 0.565. The maximum atomic E-state index is 9.71. The lowest BCUT2D eigenvalue weighted by atomic mass is 10.4. The van der Waals surface area contributed by atoms with Gasteiger partial charge in [-0.2, -0.15) is 4.99 Å². The Hall–Kier alpha value is -0.560. The number of halogens is 2. The van der Waals surface area contributed by atoms with Crippen molar-refractivity contribution in [3.05, 3.63) is 23.4 Å². The predicted molar refractivity (Wildman–Crippen MR) is 41.9 cm³/mol. The number of hydrogen-bond donors (Lipinski definition) is 0. The molecule has 4 heteroatoms. The third kappa shape index (κ3) is 4.33. The van der Waals surface area contributed by atoms with E-state index in [1.807, 2.05) is 0 Å². The second kappa shape index (κ2) is 6.56. The summed E-state index contributed by atoms with van der Waals surface area (Å²) in [6, 6.07) is 0. The number of rotatable bonds is 3. The van der Waals surface area contributed by atoms with Gasteiger partial charge in [0.05, 0.1) is 5.70 Å². The van der Waals surface area contributed by atoms with Crippen LogP contribution in [0.2, 0.25) is 0 Å². The number of isocyanates is 1. The number of nitrogens with zero attached hydrogens (tertiary/aromatic N) is 1. The van der Waals surface area contributed by atoms with E-state index in [1.165, 1.54) is 17.7 Å². The summed E-state index contributed by atoms with van der Waals surface area (Å²) >= 11 is 10.5. The zero-order valence-electron chi connectivity index (χ0n) is 5.05. The molecule has 0 aromatic rings. The first-order valence-corrected chi connectivity index (χ1v) is 3.43. The van der Waals surface area contributed by atoms with Gasteiger partial charge in [-0.05, 0) is 12.2 Å². The highest BCUT2D eigenvalue weighted by atomic mass is 35.5. The largest absolute Gasteiger partial charge is 0.240 e. The first kappa shape index (κ1) is 9.44. The van der Waals surface area contributed by atoms with Crippen LogP contribution in [-0.4, -0.2) is 12.0 Å². The minimum atomic E-state index is 0.293. The topological polar surface area (TPSA) is 29.4 Å². The lowest BCUT2D eigenvalue weighted by Crippen LogP contribution is -1.71. The summed E-state index contributed by atoms with van der Waals surface area (Å²) in [5.41, 5.74) is 1.67. The molecule has 0 saturated heterocycles. The summed E-state index contributed by atoms with van der Waals surface area (Å²) in [5, 5.41) is 0. The number of aliphatic imine (C=N–C) groups is 1. The molecule has 0 amide bonds. The fraction of sp³-hybridized carbons (Fsp3) is 0.167. The normalized spacial score (nSPS) is 11.6. The van der Waals surface area contributed by atoms with Crippen molar-refractivity contribution in [2.75, 3.05) is 5.88 Å². The van der Waals surface area contributed by atoms with Crippen molar-refractivity contribution >= 4 is 29.3 Å². The molecule has 10 heavy (non-hydrogen) atoms. The van der Waals surface area contributed by atoms with Gasteiger partial charge in [0, 0.05) is 11.4 Å². The Balaban J connectivity index is 4.25. The van der Waals surface area contributed by atoms with Crippen LogP contribution < -0.4 is 0 Å². The van der Waals surface area contributed by atoms with Gasteiger partial charge in [0.2, 0.25) is 6.08 Å². The fourth-order valence-corrected chi connectivity index (χ4v) is 0.634. The van der Waals surface area contributed by atoms with Gasteiger partial charge in [0.1, 0.15) is 0 Å². The molecule has 0 fully saturated rings. The van der Waals surface area contributed by atoms with Crippen molar-refractivity contribution in [1.29, 1.82) is 0 Å². The third-order valence-corrected chi connectivity index (χ3v) is 0.975. The molecule has 0 unspecified atom stereocenters. The van der Waals surface area contributed by atoms with Crippen LogP contribution in [-0.2, 0) is 4.79 Å². The van der Waals surface area contributed by atoms with Crippen molar-refractivity contribution in [3.63, 3.8) is 0 Å². The van der Waals surface area contributed by atoms with Crippen molar-refractivity contribution in [1.82, 2.24) is 0 Å². The second-order valence-electron chi connectivity index (χ2n) is 1.28. The highest BCUT2D eigenvalue weighted by Gasteiger charge is 1.83. The van der Waals surface area contributed by atoms with Crippen LogP contribution in [0.5, 0.6) is 0 Å². The van der Waals surface area contributed by atoms with E-state index < -0.39 is 0 Å². The van der Waals surface area contributed by atoms with E-state index in [0.29, 0.717) is 11.6 Å². The van der Waals surface area contributed by atoms with Gasteiger partial charge < -0.3 is 0 Å². The van der Waals surface area contributed by atoms with E-state index >= 15 is 0 Å². The molecule has 0 spiro atoms. The highest BCUT2D eigenvalue weighted by Crippen LogP contribution is 1.99. The van der Waals surface area contributed by atoms with Gasteiger partial charge in [-0.15, -0.1) is 11.6 Å². The van der Waals surface area contributed by atoms with Crippen LogP contribution in [0.3, 0.4) is 0 Å². The predicted octanol–water partition coefficient (Wildman–Crippen LogP) is 2.20. The molecule has 0 aliphatic carbocycles. The Labute approximate surface area is 68.8 Å². The molecule has 0 aliphatic rings. The van der Waals surface area contributed by atoms with Crippen LogP contribution in [0.4, 0.5) is 0 Å². The molecule has 0 aliphatic heterocycles. The van der Waals surface area contributed by atoms with Crippen molar-refractivity contribution in [2.45, 2.75) is 0 Å². The van der Waals surface area contributed by atoms with E-state index in [4.69, 9.17) is 23.2 Å². The first-order chi connectivity index (χ1) is 4.85.